The topological polar surface area (TPSA) is 68.5 Å². The predicted octanol–water partition coefficient (Wildman–Crippen LogP) is 4.55. The summed E-state index contributed by atoms with van der Waals surface area (Å²) in [6, 6.07) is 11.8. The van der Waals surface area contributed by atoms with Gasteiger partial charge < -0.3 is 14.2 Å². The Kier molecular flexibility index (Phi) is 6.65. The van der Waals surface area contributed by atoms with E-state index in [4.69, 9.17) is 25.8 Å². The summed E-state index contributed by atoms with van der Waals surface area (Å²) in [5.41, 5.74) is 0.944. The van der Waals surface area contributed by atoms with Crippen molar-refractivity contribution in [3.8, 4) is 23.3 Å². The number of hydrogen-bond donors (Lipinski definition) is 0. The average Bonchev–Trinajstić information content (AvgIpc) is 2.66. The van der Waals surface area contributed by atoms with E-state index >= 15 is 0 Å². The molecule has 0 aliphatic carbocycles. The Morgan fingerprint density at radius 2 is 1.88 bits per heavy atom. The van der Waals surface area contributed by atoms with Gasteiger partial charge in [0, 0.05) is 5.56 Å². The molecule has 0 unspecified atom stereocenters. The Morgan fingerprint density at radius 1 is 1.19 bits per heavy atom. The van der Waals surface area contributed by atoms with Gasteiger partial charge in [-0.05, 0) is 55.0 Å². The second-order valence-corrected chi connectivity index (χ2v) is 5.60. The average molecular weight is 372 g/mol. The molecule has 2 aromatic carbocycles. The van der Waals surface area contributed by atoms with Gasteiger partial charge in [0.05, 0.1) is 25.8 Å². The van der Waals surface area contributed by atoms with E-state index in [1.807, 2.05) is 13.0 Å². The minimum Gasteiger partial charge on any atom is -0.497 e. The SMILES string of the molecule is CCOc1cc(/C=C(\C#N)C(=O)c2ccc(OC)cc2)cc(Cl)c1OC. The van der Waals surface area contributed by atoms with Crippen LogP contribution >= 0.6 is 11.6 Å². The number of carbonyl (C=O) groups excluding carboxylic acids is 1. The van der Waals surface area contributed by atoms with Crippen LogP contribution in [0.3, 0.4) is 0 Å². The first-order chi connectivity index (χ1) is 12.5. The Hall–Kier alpha value is -2.97. The first-order valence-electron chi connectivity index (χ1n) is 7.84. The zero-order valence-corrected chi connectivity index (χ0v) is 15.5. The summed E-state index contributed by atoms with van der Waals surface area (Å²) in [4.78, 5) is 12.6. The maximum atomic E-state index is 12.6. The summed E-state index contributed by atoms with van der Waals surface area (Å²) < 4.78 is 15.8. The molecule has 0 aliphatic heterocycles. The second-order valence-electron chi connectivity index (χ2n) is 5.19. The number of methoxy groups -OCH3 is 2. The summed E-state index contributed by atoms with van der Waals surface area (Å²) >= 11 is 6.21. The number of halogens is 1. The molecule has 0 amide bonds. The number of hydrogen-bond acceptors (Lipinski definition) is 5. The third-order valence-corrected chi connectivity index (χ3v) is 3.84. The molecule has 0 saturated heterocycles. The fourth-order valence-corrected chi connectivity index (χ4v) is 2.64. The molecule has 0 atom stereocenters. The minimum atomic E-state index is -0.389. The summed E-state index contributed by atoms with van der Waals surface area (Å²) in [5, 5.41) is 9.74. The van der Waals surface area contributed by atoms with E-state index < -0.39 is 0 Å². The molecule has 0 radical (unpaired) electrons. The van der Waals surface area contributed by atoms with Gasteiger partial charge in [0.1, 0.15) is 17.4 Å². The molecule has 0 fully saturated rings. The summed E-state index contributed by atoms with van der Waals surface area (Å²) in [5.74, 6) is 1.10. The van der Waals surface area contributed by atoms with Crippen molar-refractivity contribution < 1.29 is 19.0 Å². The lowest BCUT2D eigenvalue weighted by atomic mass is 10.0. The fourth-order valence-electron chi connectivity index (χ4n) is 2.35. The van der Waals surface area contributed by atoms with Crippen LogP contribution < -0.4 is 14.2 Å². The number of carbonyl (C=O) groups is 1. The molecule has 0 aliphatic rings. The van der Waals surface area contributed by atoms with Crippen LogP contribution in [0.1, 0.15) is 22.8 Å². The number of ketones is 1. The van der Waals surface area contributed by atoms with Gasteiger partial charge in [0.25, 0.3) is 0 Å². The molecule has 6 heteroatoms. The first kappa shape index (κ1) is 19.4. The summed E-state index contributed by atoms with van der Waals surface area (Å²) in [7, 11) is 3.04. The molecule has 5 nitrogen and oxygen atoms in total. The van der Waals surface area contributed by atoms with E-state index in [-0.39, 0.29) is 11.4 Å². The molecule has 0 spiro atoms. The fraction of sp³-hybridized carbons (Fsp3) is 0.200. The Labute approximate surface area is 157 Å². The van der Waals surface area contributed by atoms with E-state index in [1.54, 1.807) is 43.5 Å². The molecule has 2 aromatic rings. The monoisotopic (exact) mass is 371 g/mol. The largest absolute Gasteiger partial charge is 0.497 e. The first-order valence-corrected chi connectivity index (χ1v) is 8.22. The van der Waals surface area contributed by atoms with Crippen molar-refractivity contribution in [3.63, 3.8) is 0 Å². The van der Waals surface area contributed by atoms with Crippen molar-refractivity contribution in [1.82, 2.24) is 0 Å². The number of allylic oxidation sites excluding steroid dienone is 1. The molecule has 0 aromatic heterocycles. The van der Waals surface area contributed by atoms with E-state index in [9.17, 15) is 10.1 Å². The number of Topliss-reactive ketones (excluding diaryl/α,β-unsaturated/α-hetero) is 1. The van der Waals surface area contributed by atoms with Crippen LogP contribution in [0.4, 0.5) is 0 Å². The Bertz CT molecular complexity index is 867. The highest BCUT2D eigenvalue weighted by Crippen LogP contribution is 2.37. The van der Waals surface area contributed by atoms with Crippen molar-refractivity contribution >= 4 is 23.5 Å². The minimum absolute atomic E-state index is 0.0150. The maximum Gasteiger partial charge on any atom is 0.203 e. The van der Waals surface area contributed by atoms with Gasteiger partial charge in [-0.3, -0.25) is 4.79 Å². The van der Waals surface area contributed by atoms with Gasteiger partial charge in [0.2, 0.25) is 5.78 Å². The summed E-state index contributed by atoms with van der Waals surface area (Å²) in [6.07, 6.45) is 1.47. The van der Waals surface area contributed by atoms with Gasteiger partial charge >= 0.3 is 0 Å². The predicted molar refractivity (Wildman–Crippen MR) is 100 cm³/mol. The van der Waals surface area contributed by atoms with Crippen LogP contribution in [0, 0.1) is 11.3 Å². The van der Waals surface area contributed by atoms with Crippen molar-refractivity contribution in [2.75, 3.05) is 20.8 Å². The Balaban J connectivity index is 2.41. The molecule has 0 bridgehead atoms. The van der Waals surface area contributed by atoms with Crippen molar-refractivity contribution in [2.24, 2.45) is 0 Å². The van der Waals surface area contributed by atoms with Crippen LogP contribution in [-0.4, -0.2) is 26.6 Å². The van der Waals surface area contributed by atoms with Crippen LogP contribution in [0.2, 0.25) is 5.02 Å². The lowest BCUT2D eigenvalue weighted by molar-refractivity contribution is 0.104. The van der Waals surface area contributed by atoms with Gasteiger partial charge in [-0.25, -0.2) is 0 Å². The standard InChI is InChI=1S/C20H18ClNO4/c1-4-26-18-11-13(10-17(21)20(18)25-3)9-15(12-22)19(23)14-5-7-16(24-2)8-6-14/h5-11H,4H2,1-3H3/b15-9+. The van der Waals surface area contributed by atoms with Crippen molar-refractivity contribution in [1.29, 1.82) is 5.26 Å². The van der Waals surface area contributed by atoms with Crippen molar-refractivity contribution in [2.45, 2.75) is 6.92 Å². The van der Waals surface area contributed by atoms with Crippen LogP contribution in [-0.2, 0) is 0 Å². The number of nitriles is 1. The number of benzene rings is 2. The highest BCUT2D eigenvalue weighted by molar-refractivity contribution is 6.32. The lowest BCUT2D eigenvalue weighted by Crippen LogP contribution is -2.02. The quantitative estimate of drug-likeness (QED) is 0.406. The molecular weight excluding hydrogens is 354 g/mol. The van der Waals surface area contributed by atoms with E-state index in [0.717, 1.165) is 0 Å². The third kappa shape index (κ3) is 4.35. The lowest BCUT2D eigenvalue weighted by Gasteiger charge is -2.12. The van der Waals surface area contributed by atoms with E-state index in [1.165, 1.54) is 13.2 Å². The molecule has 2 rings (SSSR count). The normalized spacial score (nSPS) is 10.8. The zero-order valence-electron chi connectivity index (χ0n) is 14.7. The zero-order chi connectivity index (χ0) is 19.1. The summed E-state index contributed by atoms with van der Waals surface area (Å²) in [6.45, 7) is 2.26. The third-order valence-electron chi connectivity index (χ3n) is 3.56. The number of ether oxygens (including phenoxy) is 3. The maximum absolute atomic E-state index is 12.6. The van der Waals surface area contributed by atoms with Crippen LogP contribution in [0.15, 0.2) is 42.0 Å². The van der Waals surface area contributed by atoms with E-state index in [0.29, 0.717) is 40.0 Å². The van der Waals surface area contributed by atoms with Gasteiger partial charge in [0.15, 0.2) is 11.5 Å². The van der Waals surface area contributed by atoms with Gasteiger partial charge in [-0.1, -0.05) is 11.6 Å². The molecule has 0 saturated carbocycles. The van der Waals surface area contributed by atoms with Gasteiger partial charge in [-0.15, -0.1) is 0 Å². The number of nitrogens with zero attached hydrogens (tertiary/aromatic N) is 1. The molecule has 134 valence electrons. The van der Waals surface area contributed by atoms with Gasteiger partial charge in [-0.2, -0.15) is 5.26 Å². The highest BCUT2D eigenvalue weighted by atomic mass is 35.5. The highest BCUT2D eigenvalue weighted by Gasteiger charge is 2.15. The molecular formula is C20H18ClNO4. The second kappa shape index (κ2) is 8.93. The smallest absolute Gasteiger partial charge is 0.203 e. The number of rotatable bonds is 7. The molecule has 0 heterocycles. The Morgan fingerprint density at radius 3 is 2.42 bits per heavy atom. The van der Waals surface area contributed by atoms with Crippen LogP contribution in [0.5, 0.6) is 17.2 Å². The molecule has 0 N–H and O–H groups in total. The van der Waals surface area contributed by atoms with Crippen LogP contribution in [0.25, 0.3) is 6.08 Å². The molecule has 26 heavy (non-hydrogen) atoms. The van der Waals surface area contributed by atoms with E-state index in [2.05, 4.69) is 0 Å². The van der Waals surface area contributed by atoms with Crippen molar-refractivity contribution in [3.05, 3.63) is 58.1 Å².